The fraction of sp³-hybridized carbons (Fsp3) is 0.167. The van der Waals surface area contributed by atoms with E-state index in [-0.39, 0.29) is 7.25 Å². The van der Waals surface area contributed by atoms with Crippen molar-refractivity contribution >= 4 is 18.5 Å². The number of rotatable bonds is 5. The molecule has 2 nitrogen and oxygen atoms in total. The van der Waals surface area contributed by atoms with Crippen LogP contribution >= 0.6 is 0 Å². The third-order valence-corrected chi connectivity index (χ3v) is 2.50. The average molecular weight is 286 g/mol. The molecule has 1 aromatic rings. The van der Waals surface area contributed by atoms with Gasteiger partial charge in [-0.15, -0.1) is 0 Å². The quantitative estimate of drug-likeness (QED) is 0.832. The highest BCUT2D eigenvalue weighted by Gasteiger charge is 1.97. The van der Waals surface area contributed by atoms with E-state index in [0.29, 0.717) is 11.2 Å². The van der Waals surface area contributed by atoms with E-state index in [1.54, 1.807) is 6.08 Å². The Labute approximate surface area is 126 Å². The first-order chi connectivity index (χ1) is 9.92. The van der Waals surface area contributed by atoms with E-state index in [0.717, 1.165) is 16.5 Å². The number of halogens is 1. The van der Waals surface area contributed by atoms with Crippen LogP contribution in [0.5, 0.6) is 0 Å². The number of aromatic nitrogens is 1. The van der Waals surface area contributed by atoms with Crippen LogP contribution in [0.25, 0.3) is 12.7 Å². The average Bonchev–Trinajstić information content (AvgIpc) is 2.38. The molecule has 112 valence electrons. The van der Waals surface area contributed by atoms with Crippen molar-refractivity contribution in [2.75, 3.05) is 5.32 Å². The highest BCUT2D eigenvalue weighted by molar-refractivity contribution is 5.48. The normalized spacial score (nSPS) is 13.8. The van der Waals surface area contributed by atoms with Crippen LogP contribution in [0.2, 0.25) is 0 Å². The van der Waals surface area contributed by atoms with Crippen molar-refractivity contribution in [1.29, 1.82) is 0 Å². The molecule has 0 saturated heterocycles. The van der Waals surface area contributed by atoms with Crippen LogP contribution in [0.3, 0.4) is 0 Å². The summed E-state index contributed by atoms with van der Waals surface area (Å²) in [5.74, 6) is 0.399. The number of nitrogens with zero attached hydrogens (tertiary/aromatic N) is 1. The zero-order valence-electron chi connectivity index (χ0n) is 12.8. The fourth-order valence-corrected chi connectivity index (χ4v) is 1.63. The number of hydrogen-bond donors (Lipinski definition) is 1. The van der Waals surface area contributed by atoms with Gasteiger partial charge in [-0.05, 0) is 62.4 Å². The summed E-state index contributed by atoms with van der Waals surface area (Å²) < 4.78 is 12.8. The van der Waals surface area contributed by atoms with Crippen LogP contribution in [0.4, 0.5) is 10.2 Å². The Morgan fingerprint density at radius 2 is 2.10 bits per heavy atom. The lowest BCUT2D eigenvalue weighted by Gasteiger charge is -2.07. The summed E-state index contributed by atoms with van der Waals surface area (Å²) in [6.07, 6.45) is 8.77. The third kappa shape index (κ3) is 6.04. The molecule has 0 saturated carbocycles. The molecular formula is C18H23FN2. The largest absolute Gasteiger partial charge is 0.340 e. The van der Waals surface area contributed by atoms with Gasteiger partial charge in [0.1, 0.15) is 5.82 Å². The van der Waals surface area contributed by atoms with Crippen molar-refractivity contribution < 1.29 is 5.82 Å². The van der Waals surface area contributed by atoms with E-state index in [1.165, 1.54) is 13.0 Å². The molecule has 3 heteroatoms. The van der Waals surface area contributed by atoms with Crippen LogP contribution < -0.4 is 15.9 Å². The first-order valence-corrected chi connectivity index (χ1v) is 6.69. The van der Waals surface area contributed by atoms with Gasteiger partial charge in [-0.3, -0.25) is 0 Å². The highest BCUT2D eigenvalue weighted by atomic mass is 19.1. The number of anilines is 1. The predicted molar refractivity (Wildman–Crippen MR) is 91.8 cm³/mol. The molecule has 1 heterocycles. The van der Waals surface area contributed by atoms with Gasteiger partial charge in [-0.1, -0.05) is 24.8 Å². The maximum atomic E-state index is 12.8. The van der Waals surface area contributed by atoms with Crippen molar-refractivity contribution in [3.8, 4) is 0 Å². The van der Waals surface area contributed by atoms with E-state index in [9.17, 15) is 4.39 Å². The van der Waals surface area contributed by atoms with Crippen molar-refractivity contribution in [3.05, 3.63) is 70.7 Å². The molecule has 0 fully saturated rings. The topological polar surface area (TPSA) is 24.9 Å². The summed E-state index contributed by atoms with van der Waals surface area (Å²) in [7, 11) is 0. The zero-order valence-corrected chi connectivity index (χ0v) is 12.8. The Morgan fingerprint density at radius 1 is 1.38 bits per heavy atom. The van der Waals surface area contributed by atoms with E-state index >= 15 is 0 Å². The molecule has 0 unspecified atom stereocenters. The van der Waals surface area contributed by atoms with Crippen molar-refractivity contribution in [3.63, 3.8) is 0 Å². The summed E-state index contributed by atoms with van der Waals surface area (Å²) in [4.78, 5) is 4.43. The summed E-state index contributed by atoms with van der Waals surface area (Å²) in [5.41, 5.74) is 1.82. The van der Waals surface area contributed by atoms with Gasteiger partial charge in [-0.25, -0.2) is 9.37 Å². The van der Waals surface area contributed by atoms with E-state index in [4.69, 9.17) is 0 Å². The maximum absolute atomic E-state index is 12.8. The monoisotopic (exact) mass is 286 g/mol. The minimum Gasteiger partial charge on any atom is -0.340 e. The lowest BCUT2D eigenvalue weighted by atomic mass is 10.2. The molecule has 0 aliphatic rings. The molecule has 0 bridgehead atoms. The van der Waals surface area contributed by atoms with Crippen LogP contribution in [-0.4, -0.2) is 4.98 Å². The van der Waals surface area contributed by atoms with Crippen LogP contribution in [-0.2, 0) is 0 Å². The number of nitrogens with one attached hydrogen (secondary N) is 1. The molecule has 0 aliphatic carbocycles. The van der Waals surface area contributed by atoms with Crippen molar-refractivity contribution in [2.24, 2.45) is 0 Å². The molecule has 1 rings (SSSR count). The molecule has 0 aliphatic heterocycles. The van der Waals surface area contributed by atoms with Crippen molar-refractivity contribution in [1.82, 2.24) is 4.98 Å². The SMILES string of the molecule is C=C(C)/C=C(\C=C/C)Nc1ccc(=C)/c(=C\C=C(/C)F)n1.[HH]. The van der Waals surface area contributed by atoms with E-state index < -0.39 is 0 Å². The Morgan fingerprint density at radius 3 is 2.67 bits per heavy atom. The Hall–Kier alpha value is -2.42. The van der Waals surface area contributed by atoms with Crippen molar-refractivity contribution in [2.45, 2.75) is 20.8 Å². The van der Waals surface area contributed by atoms with Gasteiger partial charge in [0.15, 0.2) is 0 Å². The van der Waals surface area contributed by atoms with Gasteiger partial charge >= 0.3 is 0 Å². The molecule has 0 spiro atoms. The molecule has 0 aromatic carbocycles. The lowest BCUT2D eigenvalue weighted by molar-refractivity contribution is 0.641. The Balaban J connectivity index is 0.00000441. The molecule has 21 heavy (non-hydrogen) atoms. The van der Waals surface area contributed by atoms with Gasteiger partial charge in [-0.2, -0.15) is 0 Å². The number of hydrogen-bond acceptors (Lipinski definition) is 2. The molecule has 1 N–H and O–H groups in total. The van der Waals surface area contributed by atoms with Gasteiger partial charge in [0.2, 0.25) is 0 Å². The summed E-state index contributed by atoms with van der Waals surface area (Å²) in [5, 5.41) is 4.58. The summed E-state index contributed by atoms with van der Waals surface area (Å²) in [6.45, 7) is 13.0. The van der Waals surface area contributed by atoms with Crippen LogP contribution in [0.15, 0.2) is 60.1 Å². The van der Waals surface area contributed by atoms with E-state index in [2.05, 4.69) is 23.5 Å². The Kier molecular flexibility index (Phi) is 6.34. The predicted octanol–water partition coefficient (Wildman–Crippen LogP) is 3.84. The van der Waals surface area contributed by atoms with Gasteiger partial charge in [0, 0.05) is 7.12 Å². The van der Waals surface area contributed by atoms with Gasteiger partial charge in [0.05, 0.1) is 11.2 Å². The minimum atomic E-state index is -0.272. The first-order valence-electron chi connectivity index (χ1n) is 6.69. The van der Waals surface area contributed by atoms with Crippen LogP contribution in [0.1, 0.15) is 22.2 Å². The Bertz CT molecular complexity index is 711. The standard InChI is InChI=1S/C18H21FN2.H2/c1-6-7-16(12-13(2)3)20-18-11-8-14(4)17(21-18)10-9-15(5)19;/h6-12H,2,4H2,1,3,5H3,(H,20,21);1H/b7-6-,15-9+,16-12+,17-10+;. The lowest BCUT2D eigenvalue weighted by Crippen LogP contribution is -2.27. The second-order valence-corrected chi connectivity index (χ2v) is 4.73. The molecule has 1 aromatic heterocycles. The minimum absolute atomic E-state index is 0. The van der Waals surface area contributed by atoms with Gasteiger partial charge in [0.25, 0.3) is 0 Å². The molecular weight excluding hydrogens is 263 g/mol. The first kappa shape index (κ1) is 16.6. The molecule has 0 atom stereocenters. The molecule has 0 amide bonds. The summed E-state index contributed by atoms with van der Waals surface area (Å²) >= 11 is 0. The van der Waals surface area contributed by atoms with E-state index in [1.807, 2.05) is 44.2 Å². The zero-order chi connectivity index (χ0) is 15.8. The van der Waals surface area contributed by atoms with Crippen LogP contribution in [0, 0.1) is 0 Å². The summed E-state index contributed by atoms with van der Waals surface area (Å²) in [6, 6.07) is 3.68. The maximum Gasteiger partial charge on any atom is 0.131 e. The fourth-order valence-electron chi connectivity index (χ4n) is 1.63. The molecule has 0 radical (unpaired) electrons. The smallest absolute Gasteiger partial charge is 0.131 e. The number of pyridine rings is 1. The third-order valence-electron chi connectivity index (χ3n) is 2.50. The second-order valence-electron chi connectivity index (χ2n) is 4.73. The highest BCUT2D eigenvalue weighted by Crippen LogP contribution is 2.07. The number of allylic oxidation sites excluding steroid dienone is 6. The second kappa shape index (κ2) is 8.00. The van der Waals surface area contributed by atoms with Gasteiger partial charge < -0.3 is 5.32 Å².